The molecule has 1 fully saturated rings. The van der Waals surface area contributed by atoms with Gasteiger partial charge in [0, 0.05) is 18.1 Å². The molecule has 3 heteroatoms. The lowest BCUT2D eigenvalue weighted by Gasteiger charge is -2.30. The molecular formula is C37H52O3. The summed E-state index contributed by atoms with van der Waals surface area (Å²) in [6.07, 6.45) is 17.7. The molecule has 2 aliphatic rings. The number of ether oxygens (including phenoxy) is 1. The second-order valence-electron chi connectivity index (χ2n) is 12.9. The summed E-state index contributed by atoms with van der Waals surface area (Å²) in [5.74, 6) is 1.97. The largest absolute Gasteiger partial charge is 0.462 e. The molecule has 0 radical (unpaired) electrons. The summed E-state index contributed by atoms with van der Waals surface area (Å²) in [5.41, 5.74) is 7.71. The molecule has 0 amide bonds. The quantitative estimate of drug-likeness (QED) is 0.147. The number of hydrogen-bond donors (Lipinski definition) is 1. The van der Waals surface area contributed by atoms with Crippen molar-refractivity contribution in [2.24, 2.45) is 23.7 Å². The van der Waals surface area contributed by atoms with Gasteiger partial charge in [-0.1, -0.05) is 107 Å². The number of hydrogen-bond acceptors (Lipinski definition) is 3. The molecule has 3 nitrogen and oxygen atoms in total. The molecule has 1 saturated carbocycles. The Labute approximate surface area is 243 Å². The lowest BCUT2D eigenvalue weighted by atomic mass is 9.76. The average molecular weight is 545 g/mol. The maximum atomic E-state index is 11.7. The van der Waals surface area contributed by atoms with Gasteiger partial charge in [-0.05, 0) is 91.0 Å². The van der Waals surface area contributed by atoms with Gasteiger partial charge in [-0.2, -0.15) is 0 Å². The van der Waals surface area contributed by atoms with Crippen molar-refractivity contribution in [2.45, 2.75) is 104 Å². The van der Waals surface area contributed by atoms with E-state index in [0.717, 1.165) is 24.7 Å². The number of esters is 1. The van der Waals surface area contributed by atoms with Crippen LogP contribution < -0.4 is 0 Å². The first-order valence-electron chi connectivity index (χ1n) is 16.1. The second kappa shape index (κ2) is 15.6. The van der Waals surface area contributed by atoms with Gasteiger partial charge in [0.2, 0.25) is 0 Å². The summed E-state index contributed by atoms with van der Waals surface area (Å²) in [6, 6.07) is 16.5. The summed E-state index contributed by atoms with van der Waals surface area (Å²) in [6.45, 7) is 7.95. The number of aryl methyl sites for hydroxylation is 2. The molecule has 40 heavy (non-hydrogen) atoms. The van der Waals surface area contributed by atoms with Gasteiger partial charge in [0.25, 0.3) is 0 Å². The highest BCUT2D eigenvalue weighted by molar-refractivity contribution is 5.86. The van der Waals surface area contributed by atoms with Gasteiger partial charge in [-0.25, -0.2) is 4.79 Å². The van der Waals surface area contributed by atoms with E-state index in [1.807, 2.05) is 0 Å². The summed E-state index contributed by atoms with van der Waals surface area (Å²) in [5, 5.41) is 9.74. The van der Waals surface area contributed by atoms with Crippen LogP contribution in [0.5, 0.6) is 0 Å². The number of aliphatic hydroxyl groups excluding tert-OH is 1. The predicted molar refractivity (Wildman–Crippen MR) is 166 cm³/mol. The topological polar surface area (TPSA) is 46.5 Å². The molecular weight excluding hydrogens is 492 g/mol. The third kappa shape index (κ3) is 9.06. The van der Waals surface area contributed by atoms with Crippen molar-refractivity contribution in [3.63, 3.8) is 0 Å². The minimum absolute atomic E-state index is 0.0333. The fraction of sp³-hybridized carbons (Fsp3) is 0.595. The summed E-state index contributed by atoms with van der Waals surface area (Å²) in [4.78, 5) is 11.7. The predicted octanol–water partition coefficient (Wildman–Crippen LogP) is 8.90. The van der Waals surface area contributed by atoms with E-state index in [2.05, 4.69) is 56.0 Å². The third-order valence-electron chi connectivity index (χ3n) is 9.57. The molecule has 2 atom stereocenters. The van der Waals surface area contributed by atoms with Crippen molar-refractivity contribution in [2.75, 3.05) is 13.2 Å². The van der Waals surface area contributed by atoms with Crippen molar-refractivity contribution < 1.29 is 14.6 Å². The molecule has 0 heterocycles. The van der Waals surface area contributed by atoms with Crippen molar-refractivity contribution >= 4 is 5.97 Å². The Morgan fingerprint density at radius 3 is 2.35 bits per heavy atom. The zero-order valence-electron chi connectivity index (χ0n) is 25.1. The minimum Gasteiger partial charge on any atom is -0.462 e. The van der Waals surface area contributed by atoms with E-state index < -0.39 is 0 Å². The maximum Gasteiger partial charge on any atom is 0.333 e. The van der Waals surface area contributed by atoms with Gasteiger partial charge < -0.3 is 9.84 Å². The highest BCUT2D eigenvalue weighted by Crippen LogP contribution is 2.36. The number of rotatable bonds is 14. The Morgan fingerprint density at radius 1 is 0.925 bits per heavy atom. The van der Waals surface area contributed by atoms with Crippen LogP contribution in [0.1, 0.15) is 101 Å². The minimum atomic E-state index is -0.357. The van der Waals surface area contributed by atoms with E-state index in [9.17, 15) is 9.90 Å². The van der Waals surface area contributed by atoms with Crippen LogP contribution >= 0.6 is 0 Å². The molecule has 0 spiro atoms. The average Bonchev–Trinajstić information content (AvgIpc) is 2.98. The Balaban J connectivity index is 1.19. The summed E-state index contributed by atoms with van der Waals surface area (Å²) in [7, 11) is 0. The third-order valence-corrected chi connectivity index (χ3v) is 9.57. The molecule has 1 N–H and O–H groups in total. The molecule has 2 unspecified atom stereocenters. The zero-order chi connectivity index (χ0) is 28.3. The molecule has 2 aliphatic carbocycles. The van der Waals surface area contributed by atoms with Gasteiger partial charge in [0.1, 0.15) is 0 Å². The number of unbranched alkanes of at least 4 members (excludes halogenated alkanes) is 2. The molecule has 2 aromatic rings. The van der Waals surface area contributed by atoms with Crippen LogP contribution in [0.25, 0.3) is 11.1 Å². The lowest BCUT2D eigenvalue weighted by Crippen LogP contribution is -2.23. The van der Waals surface area contributed by atoms with E-state index in [1.54, 1.807) is 18.1 Å². The van der Waals surface area contributed by atoms with Crippen LogP contribution in [-0.2, 0) is 28.8 Å². The van der Waals surface area contributed by atoms with Gasteiger partial charge in [-0.3, -0.25) is 0 Å². The summed E-state index contributed by atoms with van der Waals surface area (Å²) >= 11 is 0. The van der Waals surface area contributed by atoms with Crippen molar-refractivity contribution in [3.05, 3.63) is 71.3 Å². The molecule has 2 aromatic carbocycles. The number of aliphatic hydroxyl groups is 1. The highest BCUT2D eigenvalue weighted by atomic mass is 16.5. The zero-order valence-corrected chi connectivity index (χ0v) is 25.1. The smallest absolute Gasteiger partial charge is 0.333 e. The molecule has 0 saturated heterocycles. The molecule has 0 bridgehead atoms. The molecule has 0 aliphatic heterocycles. The molecule has 0 aromatic heterocycles. The fourth-order valence-corrected chi connectivity index (χ4v) is 6.91. The van der Waals surface area contributed by atoms with E-state index in [1.165, 1.54) is 93.7 Å². The van der Waals surface area contributed by atoms with Crippen LogP contribution in [0.2, 0.25) is 0 Å². The van der Waals surface area contributed by atoms with E-state index in [0.29, 0.717) is 18.1 Å². The first-order chi connectivity index (χ1) is 19.4. The number of carbonyl (C=O) groups excluding carboxylic acids is 1. The Hall–Kier alpha value is -2.39. The van der Waals surface area contributed by atoms with Crippen molar-refractivity contribution in [1.29, 1.82) is 0 Å². The van der Waals surface area contributed by atoms with E-state index in [4.69, 9.17) is 4.74 Å². The first-order valence-corrected chi connectivity index (χ1v) is 16.1. The monoisotopic (exact) mass is 544 g/mol. The van der Waals surface area contributed by atoms with E-state index in [-0.39, 0.29) is 18.5 Å². The fourth-order valence-electron chi connectivity index (χ4n) is 6.91. The van der Waals surface area contributed by atoms with Crippen molar-refractivity contribution in [3.8, 4) is 11.1 Å². The Bertz CT molecular complexity index is 1080. The summed E-state index contributed by atoms with van der Waals surface area (Å²) < 4.78 is 5.29. The highest BCUT2D eigenvalue weighted by Gasteiger charge is 2.24. The Kier molecular flexibility index (Phi) is 11.9. The molecule has 218 valence electrons. The van der Waals surface area contributed by atoms with Crippen LogP contribution in [0.3, 0.4) is 0 Å². The van der Waals surface area contributed by atoms with Crippen LogP contribution in [0.4, 0.5) is 0 Å². The number of carbonyl (C=O) groups is 1. The van der Waals surface area contributed by atoms with Gasteiger partial charge >= 0.3 is 5.97 Å². The Morgan fingerprint density at radius 2 is 1.65 bits per heavy atom. The van der Waals surface area contributed by atoms with Crippen LogP contribution in [0.15, 0.2) is 54.6 Å². The SMILES string of the molecule is C=C(C)C(=O)OCC(CO)CC1CCC(CCc2ccc(-c3ccc4c(c3)CCC(CCCCC)C4)cc2)CC1. The van der Waals surface area contributed by atoms with Gasteiger partial charge in [0.05, 0.1) is 6.61 Å². The lowest BCUT2D eigenvalue weighted by molar-refractivity contribution is -0.140. The molecule has 4 rings (SSSR count). The van der Waals surface area contributed by atoms with Gasteiger partial charge in [0.15, 0.2) is 0 Å². The second-order valence-corrected chi connectivity index (χ2v) is 12.9. The first kappa shape index (κ1) is 30.6. The number of fused-ring (bicyclic) bond motifs is 1. The van der Waals surface area contributed by atoms with E-state index >= 15 is 0 Å². The van der Waals surface area contributed by atoms with Crippen LogP contribution in [-0.4, -0.2) is 24.3 Å². The standard InChI is InChI=1S/C37H52O3/c1-4-5-6-7-30-16-19-36-24-35(21-20-34(36)23-30)33-17-14-29(15-18-33)9-8-28-10-12-31(13-11-28)22-32(25-38)26-40-37(39)27(2)3/h14-15,17-18,20-21,24,28,30-32,38H,2,4-13,16,19,22-23,25-26H2,1,3H3. The maximum absolute atomic E-state index is 11.7. The number of benzene rings is 2. The normalized spacial score (nSPS) is 21.4. The van der Waals surface area contributed by atoms with Crippen LogP contribution in [0, 0.1) is 23.7 Å². The van der Waals surface area contributed by atoms with Gasteiger partial charge in [-0.15, -0.1) is 0 Å². The van der Waals surface area contributed by atoms with Crippen molar-refractivity contribution in [1.82, 2.24) is 0 Å².